The number of pyridine rings is 1. The van der Waals surface area contributed by atoms with Gasteiger partial charge in [0, 0.05) is 24.4 Å². The summed E-state index contributed by atoms with van der Waals surface area (Å²) >= 11 is 1.78. The molecular formula is C17H17F3N4O2S. The van der Waals surface area contributed by atoms with Crippen molar-refractivity contribution in [2.24, 2.45) is 0 Å². The smallest absolute Gasteiger partial charge is 0.377 e. The zero-order valence-electron chi connectivity index (χ0n) is 14.2. The van der Waals surface area contributed by atoms with Gasteiger partial charge in [-0.1, -0.05) is 0 Å². The maximum Gasteiger partial charge on any atom is 0.417 e. The molecule has 2 aromatic rings. The summed E-state index contributed by atoms with van der Waals surface area (Å²) in [6.45, 7) is 0.618. The molecule has 2 aromatic heterocycles. The van der Waals surface area contributed by atoms with Gasteiger partial charge in [-0.05, 0) is 23.4 Å². The molecular weight excluding hydrogens is 381 g/mol. The Hall–Kier alpha value is -2.07. The molecule has 6 nitrogen and oxygen atoms in total. The Morgan fingerprint density at radius 1 is 1.30 bits per heavy atom. The van der Waals surface area contributed by atoms with E-state index in [2.05, 4.69) is 15.4 Å². The van der Waals surface area contributed by atoms with E-state index in [1.54, 1.807) is 17.8 Å². The third-order valence-corrected chi connectivity index (χ3v) is 5.66. The molecule has 0 bridgehead atoms. The lowest BCUT2D eigenvalue weighted by molar-refractivity contribution is -0.137. The second-order valence-corrected chi connectivity index (χ2v) is 7.59. The highest BCUT2D eigenvalue weighted by atomic mass is 32.2. The van der Waals surface area contributed by atoms with E-state index in [1.165, 1.54) is 10.7 Å². The molecule has 0 aromatic carbocycles. The molecule has 27 heavy (non-hydrogen) atoms. The highest BCUT2D eigenvalue weighted by Gasteiger charge is 2.33. The Kier molecular flexibility index (Phi) is 4.85. The van der Waals surface area contributed by atoms with Crippen molar-refractivity contribution < 1.29 is 17.9 Å². The van der Waals surface area contributed by atoms with E-state index < -0.39 is 11.7 Å². The van der Waals surface area contributed by atoms with Gasteiger partial charge in [-0.15, -0.1) is 0 Å². The number of alkyl halides is 3. The van der Waals surface area contributed by atoms with Gasteiger partial charge in [-0.25, -0.2) is 9.67 Å². The number of hydrogen-bond acceptors (Lipinski definition) is 6. The molecule has 0 amide bonds. The van der Waals surface area contributed by atoms with Gasteiger partial charge < -0.3 is 10.1 Å². The van der Waals surface area contributed by atoms with Crippen LogP contribution in [0.4, 0.5) is 19.0 Å². The molecule has 1 saturated heterocycles. The Morgan fingerprint density at radius 3 is 2.89 bits per heavy atom. The Balaban J connectivity index is 1.55. The lowest BCUT2D eigenvalue weighted by Crippen LogP contribution is -2.38. The normalized spacial score (nSPS) is 22.5. The van der Waals surface area contributed by atoms with Crippen molar-refractivity contribution in [2.75, 3.05) is 24.3 Å². The number of rotatable bonds is 3. The monoisotopic (exact) mass is 398 g/mol. The molecule has 0 spiro atoms. The highest BCUT2D eigenvalue weighted by Crippen LogP contribution is 2.29. The molecule has 10 heteroatoms. The molecule has 1 fully saturated rings. The van der Waals surface area contributed by atoms with Gasteiger partial charge in [-0.2, -0.15) is 30.0 Å². The molecule has 4 rings (SSSR count). The number of nitrogens with zero attached hydrogens (tertiary/aromatic N) is 3. The molecule has 1 N–H and O–H groups in total. The summed E-state index contributed by atoms with van der Waals surface area (Å²) in [6.07, 6.45) is -2.83. The predicted molar refractivity (Wildman–Crippen MR) is 94.9 cm³/mol. The average molecular weight is 398 g/mol. The van der Waals surface area contributed by atoms with Gasteiger partial charge in [0.05, 0.1) is 30.5 Å². The summed E-state index contributed by atoms with van der Waals surface area (Å²) in [5, 5.41) is 7.60. The van der Waals surface area contributed by atoms with E-state index in [9.17, 15) is 18.0 Å². The number of ether oxygens (including phenoxy) is 1. The minimum Gasteiger partial charge on any atom is -0.377 e. The summed E-state index contributed by atoms with van der Waals surface area (Å²) in [7, 11) is 0. The number of fused-ring (bicyclic) bond motifs is 1. The fourth-order valence-corrected chi connectivity index (χ4v) is 4.18. The van der Waals surface area contributed by atoms with Crippen molar-refractivity contribution in [2.45, 2.75) is 30.4 Å². The lowest BCUT2D eigenvalue weighted by Gasteiger charge is -2.23. The van der Waals surface area contributed by atoms with Crippen LogP contribution in [0.25, 0.3) is 0 Å². The van der Waals surface area contributed by atoms with Crippen LogP contribution >= 0.6 is 11.8 Å². The quantitative estimate of drug-likeness (QED) is 0.857. The molecule has 0 aliphatic carbocycles. The van der Waals surface area contributed by atoms with Crippen molar-refractivity contribution in [3.63, 3.8) is 0 Å². The van der Waals surface area contributed by atoms with Crippen LogP contribution in [0.5, 0.6) is 0 Å². The summed E-state index contributed by atoms with van der Waals surface area (Å²) < 4.78 is 44.9. The van der Waals surface area contributed by atoms with Crippen LogP contribution in [0.1, 0.15) is 22.9 Å². The van der Waals surface area contributed by atoms with Crippen LogP contribution in [0.15, 0.2) is 29.2 Å². The maximum absolute atomic E-state index is 12.7. The number of aryl methyl sites for hydroxylation is 1. The first-order chi connectivity index (χ1) is 12.9. The minimum absolute atomic E-state index is 0.195. The number of thioether (sulfide) groups is 1. The standard InChI is InChI=1S/C17H17F3N4O2S/c18-17(19,20)11-1-2-15(21-6-11)22-13-7-26-8-14(13)24-16(25)5-10-9-27-4-3-12(10)23-24/h1-2,5-6,13-14H,3-4,7-9H2,(H,21,22). The van der Waals surface area contributed by atoms with Crippen LogP contribution in [-0.4, -0.2) is 39.8 Å². The first-order valence-electron chi connectivity index (χ1n) is 8.49. The fourth-order valence-electron chi connectivity index (χ4n) is 3.22. The Bertz CT molecular complexity index is 885. The molecule has 0 saturated carbocycles. The second kappa shape index (κ2) is 7.16. The molecule has 2 unspecified atom stereocenters. The first kappa shape index (κ1) is 18.3. The predicted octanol–water partition coefficient (Wildman–Crippen LogP) is 2.50. The van der Waals surface area contributed by atoms with Crippen LogP contribution in [-0.2, 0) is 23.1 Å². The fraction of sp³-hybridized carbons (Fsp3) is 0.471. The molecule has 4 heterocycles. The van der Waals surface area contributed by atoms with Gasteiger partial charge in [-0.3, -0.25) is 4.79 Å². The molecule has 144 valence electrons. The van der Waals surface area contributed by atoms with Gasteiger partial charge in [0.2, 0.25) is 0 Å². The Morgan fingerprint density at radius 2 is 2.15 bits per heavy atom. The van der Waals surface area contributed by atoms with Crippen molar-refractivity contribution in [1.82, 2.24) is 14.8 Å². The van der Waals surface area contributed by atoms with E-state index in [-0.39, 0.29) is 17.6 Å². The summed E-state index contributed by atoms with van der Waals surface area (Å²) in [5.74, 6) is 2.05. The van der Waals surface area contributed by atoms with Gasteiger partial charge in [0.1, 0.15) is 11.9 Å². The lowest BCUT2D eigenvalue weighted by atomic mass is 10.1. The van der Waals surface area contributed by atoms with E-state index in [4.69, 9.17) is 4.74 Å². The van der Waals surface area contributed by atoms with Gasteiger partial charge >= 0.3 is 6.18 Å². The number of halogens is 3. The van der Waals surface area contributed by atoms with Crippen LogP contribution in [0.2, 0.25) is 0 Å². The van der Waals surface area contributed by atoms with Crippen LogP contribution in [0, 0.1) is 0 Å². The largest absolute Gasteiger partial charge is 0.417 e. The van der Waals surface area contributed by atoms with Crippen LogP contribution in [0.3, 0.4) is 0 Å². The van der Waals surface area contributed by atoms with Crippen molar-refractivity contribution in [1.29, 1.82) is 0 Å². The number of aromatic nitrogens is 3. The van der Waals surface area contributed by atoms with Crippen molar-refractivity contribution in [3.05, 3.63) is 51.6 Å². The topological polar surface area (TPSA) is 69.0 Å². The van der Waals surface area contributed by atoms with E-state index in [1.807, 2.05) is 0 Å². The third kappa shape index (κ3) is 3.81. The SMILES string of the molecule is O=c1cc2c(nn1C1COCC1Nc1ccc(C(F)(F)F)cn1)CCSC2. The molecule has 2 atom stereocenters. The molecule has 2 aliphatic heterocycles. The summed E-state index contributed by atoms with van der Waals surface area (Å²) in [4.78, 5) is 16.3. The zero-order valence-corrected chi connectivity index (χ0v) is 15.0. The van der Waals surface area contributed by atoms with Crippen molar-refractivity contribution >= 4 is 17.6 Å². The number of anilines is 1. The molecule has 0 radical (unpaired) electrons. The van der Waals surface area contributed by atoms with E-state index in [0.29, 0.717) is 19.0 Å². The third-order valence-electron chi connectivity index (χ3n) is 4.65. The van der Waals surface area contributed by atoms with E-state index in [0.717, 1.165) is 41.4 Å². The van der Waals surface area contributed by atoms with Crippen molar-refractivity contribution in [3.8, 4) is 0 Å². The van der Waals surface area contributed by atoms with E-state index >= 15 is 0 Å². The zero-order chi connectivity index (χ0) is 19.0. The average Bonchev–Trinajstić information content (AvgIpc) is 3.08. The Labute approximate surface area is 157 Å². The maximum atomic E-state index is 12.7. The molecule has 2 aliphatic rings. The number of nitrogens with one attached hydrogen (secondary N) is 1. The highest BCUT2D eigenvalue weighted by molar-refractivity contribution is 7.98. The van der Waals surface area contributed by atoms with Crippen LogP contribution < -0.4 is 10.9 Å². The summed E-state index contributed by atoms with van der Waals surface area (Å²) in [6, 6.07) is 3.22. The minimum atomic E-state index is -4.43. The second-order valence-electron chi connectivity index (χ2n) is 6.49. The number of hydrogen-bond donors (Lipinski definition) is 1. The summed E-state index contributed by atoms with van der Waals surface area (Å²) in [5.41, 5.74) is 0.892. The van der Waals surface area contributed by atoms with Gasteiger partial charge in [0.25, 0.3) is 5.56 Å². The van der Waals surface area contributed by atoms with Gasteiger partial charge in [0.15, 0.2) is 0 Å². The first-order valence-corrected chi connectivity index (χ1v) is 9.64.